The van der Waals surface area contributed by atoms with E-state index in [4.69, 9.17) is 14.6 Å². The van der Waals surface area contributed by atoms with Crippen molar-refractivity contribution in [2.24, 2.45) is 0 Å². The van der Waals surface area contributed by atoms with Crippen LogP contribution in [-0.4, -0.2) is 18.2 Å². The van der Waals surface area contributed by atoms with Gasteiger partial charge < -0.3 is 14.6 Å². The number of methoxy groups -OCH3 is 1. The van der Waals surface area contributed by atoms with Crippen molar-refractivity contribution < 1.29 is 23.8 Å². The van der Waals surface area contributed by atoms with E-state index in [0.29, 0.717) is 11.3 Å². The molecule has 0 radical (unpaired) electrons. The molecule has 0 aromatic heterocycles. The number of carboxylic acid groups (broad SMARTS) is 1. The number of carboxylic acids is 1. The number of rotatable bonds is 5. The number of hydrogen-bond donors (Lipinski definition) is 1. The van der Waals surface area contributed by atoms with Gasteiger partial charge in [0.2, 0.25) is 0 Å². The van der Waals surface area contributed by atoms with Gasteiger partial charge in [-0.15, -0.1) is 0 Å². The Kier molecular flexibility index (Phi) is 5.00. The maximum Gasteiger partial charge on any atom is 0.339 e. The molecule has 0 heterocycles. The smallest absolute Gasteiger partial charge is 0.339 e. The molecule has 0 spiro atoms. The van der Waals surface area contributed by atoms with Gasteiger partial charge in [-0.25, -0.2) is 9.18 Å². The van der Waals surface area contributed by atoms with Crippen LogP contribution in [0.1, 0.15) is 15.9 Å². The Morgan fingerprint density at radius 2 is 2.05 bits per heavy atom. The minimum atomic E-state index is -1.08. The molecule has 0 bridgehead atoms. The van der Waals surface area contributed by atoms with E-state index in [1.54, 1.807) is 24.3 Å². The zero-order valence-electron chi connectivity index (χ0n) is 11.1. The van der Waals surface area contributed by atoms with Crippen molar-refractivity contribution in [1.82, 2.24) is 0 Å². The molecule has 1 N–H and O–H groups in total. The summed E-state index contributed by atoms with van der Waals surface area (Å²) in [5.41, 5.74) is 0.376. The van der Waals surface area contributed by atoms with Gasteiger partial charge in [-0.2, -0.15) is 0 Å². The Morgan fingerprint density at radius 3 is 2.67 bits per heavy atom. The summed E-state index contributed by atoms with van der Waals surface area (Å²) < 4.78 is 24.9. The van der Waals surface area contributed by atoms with Crippen molar-refractivity contribution in [3.8, 4) is 11.5 Å². The van der Waals surface area contributed by atoms with Gasteiger partial charge in [0.15, 0.2) is 0 Å². The molecule has 0 amide bonds. The van der Waals surface area contributed by atoms with E-state index in [-0.39, 0.29) is 17.9 Å². The second kappa shape index (κ2) is 6.75. The topological polar surface area (TPSA) is 55.8 Å². The van der Waals surface area contributed by atoms with E-state index in [0.717, 1.165) is 3.57 Å². The van der Waals surface area contributed by atoms with E-state index < -0.39 is 11.8 Å². The summed E-state index contributed by atoms with van der Waals surface area (Å²) in [5.74, 6) is -0.926. The number of halogens is 2. The van der Waals surface area contributed by atoms with Crippen LogP contribution < -0.4 is 9.47 Å². The Bertz CT molecular complexity index is 673. The predicted octanol–water partition coefficient (Wildman–Crippen LogP) is 3.72. The molecule has 0 fully saturated rings. The molecular weight excluding hydrogens is 390 g/mol. The van der Waals surface area contributed by atoms with E-state index in [9.17, 15) is 9.18 Å². The molecule has 2 aromatic carbocycles. The highest BCUT2D eigenvalue weighted by atomic mass is 127. The normalized spacial score (nSPS) is 10.2. The van der Waals surface area contributed by atoms with Crippen molar-refractivity contribution in [2.45, 2.75) is 6.61 Å². The lowest BCUT2D eigenvalue weighted by atomic mass is 10.2. The second-order valence-corrected chi connectivity index (χ2v) is 5.44. The summed E-state index contributed by atoms with van der Waals surface area (Å²) in [5, 5.41) is 9.14. The first kappa shape index (κ1) is 15.6. The van der Waals surface area contributed by atoms with Gasteiger partial charge in [-0.05, 0) is 52.9 Å². The Balaban J connectivity index is 2.18. The summed E-state index contributed by atoms with van der Waals surface area (Å²) in [6, 6.07) is 9.21. The molecule has 0 aliphatic rings. The molecule has 0 aliphatic heterocycles. The highest BCUT2D eigenvalue weighted by molar-refractivity contribution is 14.1. The van der Waals surface area contributed by atoms with E-state index in [2.05, 4.69) is 0 Å². The van der Waals surface area contributed by atoms with Crippen LogP contribution in [0.4, 0.5) is 4.39 Å². The predicted molar refractivity (Wildman–Crippen MR) is 83.4 cm³/mol. The molecule has 0 saturated carbocycles. The standard InChI is InChI=1S/C15H12FIO4/c1-20-11-4-2-9(13(16)7-11)8-21-14-5-3-10(17)6-12(14)15(18)19/h2-7H,8H2,1H3,(H,18,19). The summed E-state index contributed by atoms with van der Waals surface area (Å²) >= 11 is 2.02. The van der Waals surface area contributed by atoms with Gasteiger partial charge in [0.1, 0.15) is 29.5 Å². The largest absolute Gasteiger partial charge is 0.497 e. The minimum absolute atomic E-state index is 0.0517. The van der Waals surface area contributed by atoms with E-state index >= 15 is 0 Å². The van der Waals surface area contributed by atoms with Gasteiger partial charge in [0, 0.05) is 15.2 Å². The Morgan fingerprint density at radius 1 is 1.29 bits per heavy atom. The maximum atomic E-state index is 13.8. The van der Waals surface area contributed by atoms with Crippen LogP contribution in [0.15, 0.2) is 36.4 Å². The Hall–Kier alpha value is -1.83. The monoisotopic (exact) mass is 402 g/mol. The van der Waals surface area contributed by atoms with Crippen LogP contribution in [0.3, 0.4) is 0 Å². The lowest BCUT2D eigenvalue weighted by Gasteiger charge is -2.11. The first-order valence-electron chi connectivity index (χ1n) is 5.99. The third-order valence-electron chi connectivity index (χ3n) is 2.82. The van der Waals surface area contributed by atoms with Crippen LogP contribution in [0.5, 0.6) is 11.5 Å². The summed E-state index contributed by atoms with van der Waals surface area (Å²) in [4.78, 5) is 11.2. The number of carbonyl (C=O) groups is 1. The summed E-state index contributed by atoms with van der Waals surface area (Å²) in [7, 11) is 1.45. The number of ether oxygens (including phenoxy) is 2. The fourth-order valence-electron chi connectivity index (χ4n) is 1.72. The molecule has 2 rings (SSSR count). The van der Waals surface area contributed by atoms with Crippen LogP contribution in [-0.2, 0) is 6.61 Å². The fraction of sp³-hybridized carbons (Fsp3) is 0.133. The lowest BCUT2D eigenvalue weighted by molar-refractivity contribution is 0.0691. The van der Waals surface area contributed by atoms with Crippen LogP contribution in [0.25, 0.3) is 0 Å². The average molecular weight is 402 g/mol. The molecule has 2 aromatic rings. The van der Waals surface area contributed by atoms with Crippen LogP contribution in [0, 0.1) is 9.39 Å². The van der Waals surface area contributed by atoms with E-state index in [1.165, 1.54) is 19.2 Å². The molecule has 0 unspecified atom stereocenters. The highest BCUT2D eigenvalue weighted by Gasteiger charge is 2.13. The van der Waals surface area contributed by atoms with Gasteiger partial charge in [-0.1, -0.05) is 0 Å². The first-order chi connectivity index (χ1) is 10.0. The van der Waals surface area contributed by atoms with Crippen LogP contribution >= 0.6 is 22.6 Å². The van der Waals surface area contributed by atoms with Gasteiger partial charge in [0.05, 0.1) is 7.11 Å². The number of aromatic carboxylic acids is 1. The SMILES string of the molecule is COc1ccc(COc2ccc(I)cc2C(=O)O)c(F)c1. The van der Waals surface area contributed by atoms with Crippen molar-refractivity contribution in [3.63, 3.8) is 0 Å². The average Bonchev–Trinajstić information content (AvgIpc) is 2.46. The highest BCUT2D eigenvalue weighted by Crippen LogP contribution is 2.23. The molecule has 0 atom stereocenters. The zero-order valence-corrected chi connectivity index (χ0v) is 13.3. The van der Waals surface area contributed by atoms with Gasteiger partial charge in [0.25, 0.3) is 0 Å². The van der Waals surface area contributed by atoms with Crippen molar-refractivity contribution in [3.05, 3.63) is 56.9 Å². The van der Waals surface area contributed by atoms with Crippen molar-refractivity contribution in [2.75, 3.05) is 7.11 Å². The van der Waals surface area contributed by atoms with Gasteiger partial charge >= 0.3 is 5.97 Å². The molecule has 110 valence electrons. The third kappa shape index (κ3) is 3.84. The fourth-order valence-corrected chi connectivity index (χ4v) is 2.21. The van der Waals surface area contributed by atoms with Gasteiger partial charge in [-0.3, -0.25) is 0 Å². The second-order valence-electron chi connectivity index (χ2n) is 4.19. The third-order valence-corrected chi connectivity index (χ3v) is 3.49. The van der Waals surface area contributed by atoms with Crippen LogP contribution in [0.2, 0.25) is 0 Å². The van der Waals surface area contributed by atoms with Crippen molar-refractivity contribution in [1.29, 1.82) is 0 Å². The van der Waals surface area contributed by atoms with E-state index in [1.807, 2.05) is 22.6 Å². The minimum Gasteiger partial charge on any atom is -0.497 e. The molecule has 4 nitrogen and oxygen atoms in total. The quantitative estimate of drug-likeness (QED) is 0.775. The number of benzene rings is 2. The number of hydrogen-bond acceptors (Lipinski definition) is 3. The molecule has 0 saturated heterocycles. The first-order valence-corrected chi connectivity index (χ1v) is 7.07. The zero-order chi connectivity index (χ0) is 15.4. The molecule has 0 aliphatic carbocycles. The Labute approximate surface area is 134 Å². The molecule has 21 heavy (non-hydrogen) atoms. The molecular formula is C15H12FIO4. The summed E-state index contributed by atoms with van der Waals surface area (Å²) in [6.07, 6.45) is 0. The summed E-state index contributed by atoms with van der Waals surface area (Å²) in [6.45, 7) is -0.0588. The maximum absolute atomic E-state index is 13.8. The van der Waals surface area contributed by atoms with Crippen molar-refractivity contribution >= 4 is 28.6 Å². The lowest BCUT2D eigenvalue weighted by Crippen LogP contribution is -2.05. The molecule has 6 heteroatoms.